The van der Waals surface area contributed by atoms with Crippen molar-refractivity contribution in [3.63, 3.8) is 0 Å². The van der Waals surface area contributed by atoms with E-state index in [9.17, 15) is 13.6 Å². The summed E-state index contributed by atoms with van der Waals surface area (Å²) < 4.78 is 32.5. The SMILES string of the molecule is CC(C)(C)OC(=O)NC1CN(Cc2ccccc2)CC1c1ccc(F)c(F)c1. The van der Waals surface area contributed by atoms with Crippen molar-refractivity contribution in [2.45, 2.75) is 44.9 Å². The Balaban J connectivity index is 1.78. The lowest BCUT2D eigenvalue weighted by Gasteiger charge is -2.24. The van der Waals surface area contributed by atoms with Crippen LogP contribution in [-0.4, -0.2) is 35.7 Å². The number of ether oxygens (including phenoxy) is 1. The van der Waals surface area contributed by atoms with Gasteiger partial charge in [-0.3, -0.25) is 4.90 Å². The third kappa shape index (κ3) is 5.29. The molecule has 1 aliphatic heterocycles. The molecule has 2 aromatic rings. The Morgan fingerprint density at radius 2 is 1.82 bits per heavy atom. The first-order valence-corrected chi connectivity index (χ1v) is 9.42. The molecule has 1 saturated heterocycles. The number of halogens is 2. The molecular formula is C22H26F2N2O2. The molecule has 0 saturated carbocycles. The lowest BCUT2D eigenvalue weighted by atomic mass is 9.94. The predicted octanol–water partition coefficient (Wildman–Crippen LogP) is 4.46. The van der Waals surface area contributed by atoms with Crippen LogP contribution in [-0.2, 0) is 11.3 Å². The minimum atomic E-state index is -0.880. The molecule has 0 radical (unpaired) electrons. The van der Waals surface area contributed by atoms with Crippen LogP contribution in [0.15, 0.2) is 48.5 Å². The van der Waals surface area contributed by atoms with E-state index in [0.29, 0.717) is 25.2 Å². The second kappa shape index (κ2) is 8.27. The molecule has 28 heavy (non-hydrogen) atoms. The highest BCUT2D eigenvalue weighted by Gasteiger charge is 2.36. The maximum atomic E-state index is 13.8. The lowest BCUT2D eigenvalue weighted by Crippen LogP contribution is -2.42. The van der Waals surface area contributed by atoms with Crippen LogP contribution in [0.5, 0.6) is 0 Å². The first-order chi connectivity index (χ1) is 13.2. The summed E-state index contributed by atoms with van der Waals surface area (Å²) in [5.74, 6) is -1.92. The number of likely N-dealkylation sites (tertiary alicyclic amines) is 1. The fraction of sp³-hybridized carbons (Fsp3) is 0.409. The van der Waals surface area contributed by atoms with Gasteiger partial charge in [0, 0.05) is 25.6 Å². The van der Waals surface area contributed by atoms with Crippen molar-refractivity contribution in [3.05, 3.63) is 71.3 Å². The second-order valence-electron chi connectivity index (χ2n) is 8.21. The summed E-state index contributed by atoms with van der Waals surface area (Å²) in [4.78, 5) is 14.5. The molecule has 6 heteroatoms. The Morgan fingerprint density at radius 1 is 1.11 bits per heavy atom. The summed E-state index contributed by atoms with van der Waals surface area (Å²) in [6, 6.07) is 13.7. The molecule has 0 aliphatic carbocycles. The third-order valence-electron chi connectivity index (χ3n) is 4.72. The number of rotatable bonds is 4. The van der Waals surface area contributed by atoms with Gasteiger partial charge in [0.05, 0.1) is 6.04 Å². The number of carbonyl (C=O) groups excluding carboxylic acids is 1. The van der Waals surface area contributed by atoms with E-state index in [-0.39, 0.29) is 12.0 Å². The Morgan fingerprint density at radius 3 is 2.46 bits per heavy atom. The predicted molar refractivity (Wildman–Crippen MR) is 104 cm³/mol. The molecule has 0 aromatic heterocycles. The summed E-state index contributed by atoms with van der Waals surface area (Å²) in [6.45, 7) is 7.34. The molecule has 150 valence electrons. The Bertz CT molecular complexity index is 821. The van der Waals surface area contributed by atoms with Gasteiger partial charge in [0.1, 0.15) is 5.60 Å². The van der Waals surface area contributed by atoms with Crippen molar-refractivity contribution in [3.8, 4) is 0 Å². The minimum Gasteiger partial charge on any atom is -0.444 e. The summed E-state index contributed by atoms with van der Waals surface area (Å²) >= 11 is 0. The summed E-state index contributed by atoms with van der Waals surface area (Å²) in [5.41, 5.74) is 1.21. The van der Waals surface area contributed by atoms with Gasteiger partial charge in [0.15, 0.2) is 11.6 Å². The van der Waals surface area contributed by atoms with E-state index in [4.69, 9.17) is 4.74 Å². The lowest BCUT2D eigenvalue weighted by molar-refractivity contribution is 0.0502. The standard InChI is InChI=1S/C22H26F2N2O2/c1-22(2,3)28-21(27)25-20-14-26(12-15-7-5-4-6-8-15)13-17(20)16-9-10-18(23)19(24)11-16/h4-11,17,20H,12-14H2,1-3H3,(H,25,27). The zero-order valence-electron chi connectivity index (χ0n) is 16.4. The molecule has 2 atom stereocenters. The van der Waals surface area contributed by atoms with Crippen molar-refractivity contribution in [1.29, 1.82) is 0 Å². The van der Waals surface area contributed by atoms with E-state index in [1.54, 1.807) is 26.8 Å². The molecule has 1 N–H and O–H groups in total. The van der Waals surface area contributed by atoms with Gasteiger partial charge in [-0.1, -0.05) is 36.4 Å². The van der Waals surface area contributed by atoms with Gasteiger partial charge in [0.25, 0.3) is 0 Å². The number of alkyl carbamates (subject to hydrolysis) is 1. The Hall–Kier alpha value is -2.47. The fourth-order valence-electron chi connectivity index (χ4n) is 3.54. The van der Waals surface area contributed by atoms with Crippen LogP contribution in [0.25, 0.3) is 0 Å². The van der Waals surface area contributed by atoms with Gasteiger partial charge in [-0.15, -0.1) is 0 Å². The van der Waals surface area contributed by atoms with Crippen molar-refractivity contribution in [2.24, 2.45) is 0 Å². The Labute approximate surface area is 164 Å². The summed E-state index contributed by atoms with van der Waals surface area (Å²) in [7, 11) is 0. The fourth-order valence-corrected chi connectivity index (χ4v) is 3.54. The van der Waals surface area contributed by atoms with E-state index in [1.807, 2.05) is 30.3 Å². The molecule has 1 fully saturated rings. The van der Waals surface area contributed by atoms with Crippen LogP contribution in [0.1, 0.15) is 37.8 Å². The van der Waals surface area contributed by atoms with E-state index in [1.165, 1.54) is 6.07 Å². The molecule has 0 spiro atoms. The second-order valence-corrected chi connectivity index (χ2v) is 8.21. The number of amides is 1. The first kappa shape index (κ1) is 20.3. The monoisotopic (exact) mass is 388 g/mol. The van der Waals surface area contributed by atoms with Crippen LogP contribution in [0.3, 0.4) is 0 Å². The molecule has 1 heterocycles. The summed E-state index contributed by atoms with van der Waals surface area (Å²) in [6.07, 6.45) is -0.508. The number of hydrogen-bond acceptors (Lipinski definition) is 3. The van der Waals surface area contributed by atoms with Gasteiger partial charge in [-0.2, -0.15) is 0 Å². The zero-order chi connectivity index (χ0) is 20.3. The van der Waals surface area contributed by atoms with Crippen LogP contribution in [0.4, 0.5) is 13.6 Å². The molecule has 1 aliphatic rings. The highest BCUT2D eigenvalue weighted by molar-refractivity contribution is 5.68. The van der Waals surface area contributed by atoms with Gasteiger partial charge >= 0.3 is 6.09 Å². The molecule has 3 rings (SSSR count). The molecule has 4 nitrogen and oxygen atoms in total. The first-order valence-electron chi connectivity index (χ1n) is 9.42. The number of nitrogens with zero attached hydrogens (tertiary/aromatic N) is 1. The minimum absolute atomic E-state index is 0.161. The van der Waals surface area contributed by atoms with Crippen molar-refractivity contribution in [1.82, 2.24) is 10.2 Å². The van der Waals surface area contributed by atoms with E-state index >= 15 is 0 Å². The topological polar surface area (TPSA) is 41.6 Å². The maximum absolute atomic E-state index is 13.8. The molecular weight excluding hydrogens is 362 g/mol. The molecule has 2 aromatic carbocycles. The number of carbonyl (C=O) groups is 1. The van der Waals surface area contributed by atoms with E-state index in [0.717, 1.165) is 11.6 Å². The van der Waals surface area contributed by atoms with Crippen LogP contribution >= 0.6 is 0 Å². The number of hydrogen-bond donors (Lipinski definition) is 1. The van der Waals surface area contributed by atoms with Crippen LogP contribution in [0.2, 0.25) is 0 Å². The van der Waals surface area contributed by atoms with Crippen LogP contribution in [0, 0.1) is 11.6 Å². The van der Waals surface area contributed by atoms with Gasteiger partial charge in [-0.25, -0.2) is 13.6 Å². The van der Waals surface area contributed by atoms with Crippen LogP contribution < -0.4 is 5.32 Å². The number of benzene rings is 2. The highest BCUT2D eigenvalue weighted by atomic mass is 19.2. The molecule has 0 bridgehead atoms. The highest BCUT2D eigenvalue weighted by Crippen LogP contribution is 2.30. The molecule has 2 unspecified atom stereocenters. The smallest absolute Gasteiger partial charge is 0.407 e. The average Bonchev–Trinajstić information content (AvgIpc) is 2.98. The normalized spacial score (nSPS) is 20.2. The quantitative estimate of drug-likeness (QED) is 0.841. The zero-order valence-corrected chi connectivity index (χ0v) is 16.4. The average molecular weight is 388 g/mol. The summed E-state index contributed by atoms with van der Waals surface area (Å²) in [5, 5.41) is 2.91. The van der Waals surface area contributed by atoms with Gasteiger partial charge in [0.2, 0.25) is 0 Å². The van der Waals surface area contributed by atoms with Crippen molar-refractivity contribution in [2.75, 3.05) is 13.1 Å². The van der Waals surface area contributed by atoms with Gasteiger partial charge in [-0.05, 0) is 44.0 Å². The van der Waals surface area contributed by atoms with E-state index in [2.05, 4.69) is 10.2 Å². The van der Waals surface area contributed by atoms with E-state index < -0.39 is 23.3 Å². The van der Waals surface area contributed by atoms with Crippen molar-refractivity contribution < 1.29 is 18.3 Å². The largest absolute Gasteiger partial charge is 0.444 e. The number of nitrogens with one attached hydrogen (secondary N) is 1. The molecule has 1 amide bonds. The van der Waals surface area contributed by atoms with Gasteiger partial charge < -0.3 is 10.1 Å². The third-order valence-corrected chi connectivity index (χ3v) is 4.72. The maximum Gasteiger partial charge on any atom is 0.407 e. The van der Waals surface area contributed by atoms with Crippen molar-refractivity contribution >= 4 is 6.09 Å². The Kier molecular flexibility index (Phi) is 5.98.